The van der Waals surface area contributed by atoms with E-state index < -0.39 is 37.9 Å². The molecule has 1 saturated carbocycles. The molecule has 0 radical (unpaired) electrons. The number of hydrogen-bond acceptors (Lipinski definition) is 9. The van der Waals surface area contributed by atoms with E-state index in [1.54, 1.807) is 23.1 Å². The van der Waals surface area contributed by atoms with Crippen molar-refractivity contribution in [1.29, 1.82) is 0 Å². The van der Waals surface area contributed by atoms with Gasteiger partial charge >= 0.3 is 12.1 Å². The summed E-state index contributed by atoms with van der Waals surface area (Å²) in [5.41, 5.74) is 5.00. The number of anilines is 1. The fourth-order valence-electron chi connectivity index (χ4n) is 11.4. The lowest BCUT2D eigenvalue weighted by molar-refractivity contribution is 0.0706. The molecule has 0 spiro atoms. The van der Waals surface area contributed by atoms with Gasteiger partial charge in [-0.25, -0.2) is 18.6 Å². The van der Waals surface area contributed by atoms with Crippen molar-refractivity contribution >= 4 is 41.7 Å². The van der Waals surface area contributed by atoms with E-state index >= 15 is 8.78 Å². The van der Waals surface area contributed by atoms with Crippen LogP contribution in [0.1, 0.15) is 86.1 Å². The Morgan fingerprint density at radius 1 is 1.00 bits per heavy atom. The van der Waals surface area contributed by atoms with E-state index in [-0.39, 0.29) is 52.3 Å². The molecule has 11 nitrogen and oxygen atoms in total. The van der Waals surface area contributed by atoms with E-state index in [0.29, 0.717) is 76.7 Å². The van der Waals surface area contributed by atoms with Gasteiger partial charge in [-0.2, -0.15) is 9.97 Å². The highest BCUT2D eigenvalue weighted by Gasteiger charge is 2.53. The first-order valence-corrected chi connectivity index (χ1v) is 24.0. The highest BCUT2D eigenvalue weighted by Crippen LogP contribution is 2.49. The maximum atomic E-state index is 17.8. The Morgan fingerprint density at radius 2 is 1.75 bits per heavy atom. The lowest BCUT2D eigenvalue weighted by Gasteiger charge is -2.47. The van der Waals surface area contributed by atoms with Crippen LogP contribution in [0.15, 0.2) is 30.3 Å². The van der Waals surface area contributed by atoms with Crippen molar-refractivity contribution in [2.75, 3.05) is 37.7 Å². The quantitative estimate of drug-likeness (QED) is 0.126. The summed E-state index contributed by atoms with van der Waals surface area (Å²) in [5, 5.41) is 21.9. The smallest absolute Gasteiger partial charge is 0.407 e. The molecule has 1 amide bonds. The highest BCUT2D eigenvalue weighted by molar-refractivity contribution is 6.90. The maximum absolute atomic E-state index is 17.8. The van der Waals surface area contributed by atoms with Gasteiger partial charge in [0.1, 0.15) is 42.4 Å². The molecule has 5 unspecified atom stereocenters. The monoisotopic (exact) mass is 838 g/mol. The van der Waals surface area contributed by atoms with Gasteiger partial charge < -0.3 is 24.6 Å². The number of pyridine rings is 1. The summed E-state index contributed by atoms with van der Waals surface area (Å²) in [6.07, 6.45) is 2.14. The predicted octanol–water partition coefficient (Wildman–Crippen LogP) is 8.40. The third-order valence-corrected chi connectivity index (χ3v) is 20.8. The van der Waals surface area contributed by atoms with Gasteiger partial charge in [0.15, 0.2) is 5.82 Å². The number of carbonyl (C=O) groups is 1. The summed E-state index contributed by atoms with van der Waals surface area (Å²) in [4.78, 5) is 33.1. The Morgan fingerprint density at radius 3 is 2.42 bits per heavy atom. The molecule has 4 aromatic rings. The molecule has 60 heavy (non-hydrogen) atoms. The topological polar surface area (TPSA) is 124 Å². The van der Waals surface area contributed by atoms with Crippen LogP contribution in [0, 0.1) is 28.5 Å². The average Bonchev–Trinajstić information content (AvgIpc) is 3.76. The number of halogens is 2. The van der Waals surface area contributed by atoms with E-state index in [9.17, 15) is 15.0 Å². The zero-order chi connectivity index (χ0) is 42.4. The first-order valence-electron chi connectivity index (χ1n) is 21.8. The second-order valence-corrected chi connectivity index (χ2v) is 24.6. The van der Waals surface area contributed by atoms with Crippen LogP contribution < -0.4 is 14.4 Å². The number of benzene rings is 2. The molecule has 2 bridgehead atoms. The molecule has 1 aliphatic carbocycles. The molecule has 4 fully saturated rings. The third-order valence-electron chi connectivity index (χ3n) is 14.5. The van der Waals surface area contributed by atoms with Gasteiger partial charge in [-0.3, -0.25) is 9.80 Å². The van der Waals surface area contributed by atoms with Gasteiger partial charge in [-0.05, 0) is 67.1 Å². The van der Waals surface area contributed by atoms with Crippen molar-refractivity contribution in [1.82, 2.24) is 24.8 Å². The second-order valence-electron chi connectivity index (χ2n) is 19.0. The summed E-state index contributed by atoms with van der Waals surface area (Å²) in [6, 6.07) is 7.46. The number of rotatable bonds is 9. The number of β-amino-alcohol motifs (C(OH)–C–C–N with tert-alkyl or cyclic N) is 1. The molecule has 9 rings (SSSR count). The van der Waals surface area contributed by atoms with Gasteiger partial charge in [-0.1, -0.05) is 71.7 Å². The van der Waals surface area contributed by atoms with Crippen LogP contribution in [0.25, 0.3) is 32.9 Å². The number of aliphatic hydroxyl groups is 1. The fourth-order valence-corrected chi connectivity index (χ4v) is 16.6. The number of aromatic nitrogens is 3. The highest BCUT2D eigenvalue weighted by atomic mass is 28.3. The van der Waals surface area contributed by atoms with E-state index in [2.05, 4.69) is 62.8 Å². The van der Waals surface area contributed by atoms with Gasteiger partial charge in [0.05, 0.1) is 36.4 Å². The van der Waals surface area contributed by atoms with Crippen LogP contribution in [0.2, 0.25) is 16.6 Å². The van der Waals surface area contributed by atoms with Crippen molar-refractivity contribution < 1.29 is 33.3 Å². The normalized spacial score (nSPS) is 24.5. The molecule has 5 aliphatic rings. The summed E-state index contributed by atoms with van der Waals surface area (Å²) in [7, 11) is -2.29. The Bertz CT molecular complexity index is 2410. The second kappa shape index (κ2) is 15.1. The summed E-state index contributed by atoms with van der Waals surface area (Å²) in [6.45, 7) is 18.1. The molecule has 3 saturated heterocycles. The van der Waals surface area contributed by atoms with Gasteiger partial charge in [0.2, 0.25) is 5.88 Å². The minimum absolute atomic E-state index is 0.0152. The van der Waals surface area contributed by atoms with Crippen LogP contribution in [0.4, 0.5) is 19.4 Å². The van der Waals surface area contributed by atoms with Crippen molar-refractivity contribution in [2.24, 2.45) is 5.41 Å². The number of fused-ring (bicyclic) bond motifs is 6. The van der Waals surface area contributed by atoms with Crippen LogP contribution >= 0.6 is 0 Å². The zero-order valence-corrected chi connectivity index (χ0v) is 36.6. The molecule has 318 valence electrons. The number of nitrogens with zero attached hydrogens (tertiary/aromatic N) is 6. The number of ether oxygens (including phenoxy) is 2. The first kappa shape index (κ1) is 40.8. The SMILES string of the molecule is CC1Oc2nc(-c3cccc4ccc(F)c(C#C[Si](C(C)C)(C(C)C)C(C)C)c34)c(F)c3nc(OCC4(CN5CCC(O)C5)CC4)nc(c23)N2CC3CCC(C12)N3C(=O)O. The third kappa shape index (κ3) is 6.66. The van der Waals surface area contributed by atoms with Gasteiger partial charge in [0.25, 0.3) is 0 Å². The molecule has 4 aliphatic heterocycles. The standard InChI is InChI=1S/C46H56F2N6O5Si/c1-25(2)60(26(3)4,27(5)6)20-16-32-34(47)13-11-29-9-8-10-33(36(29)32)39-38(48)40-37-42(51-44(50-40)58-24-46(17-18-46)23-52-19-15-31(55)22-52)53-21-30-12-14-35(54(30)45(56)57)41(53)28(7)59-43(37)49-39/h8-11,13,25-28,30-31,35,41,55H,12,14-15,17-19,21-24H2,1-7H3,(H,56,57). The molecule has 5 atom stereocenters. The van der Waals surface area contributed by atoms with E-state index in [4.69, 9.17) is 24.4 Å². The van der Waals surface area contributed by atoms with Crippen LogP contribution in [-0.4, -0.2) is 112 Å². The maximum Gasteiger partial charge on any atom is 0.407 e. The first-order chi connectivity index (χ1) is 28.6. The van der Waals surface area contributed by atoms with Gasteiger partial charge in [0, 0.05) is 42.5 Å². The lowest BCUT2D eigenvalue weighted by atomic mass is 9.96. The molecule has 2 aromatic carbocycles. The number of carboxylic acid groups (broad SMARTS) is 1. The molecule has 2 aromatic heterocycles. The van der Waals surface area contributed by atoms with Crippen molar-refractivity contribution in [3.63, 3.8) is 0 Å². The summed E-state index contributed by atoms with van der Waals surface area (Å²) in [5.74, 6) is 2.66. The summed E-state index contributed by atoms with van der Waals surface area (Å²) < 4.78 is 47.2. The molecule has 6 heterocycles. The van der Waals surface area contributed by atoms with Crippen molar-refractivity contribution in [3.05, 3.63) is 47.5 Å². The largest absolute Gasteiger partial charge is 0.472 e. The predicted molar refractivity (Wildman–Crippen MR) is 230 cm³/mol. The van der Waals surface area contributed by atoms with E-state index in [0.717, 1.165) is 32.4 Å². The Labute approximate surface area is 351 Å². The Balaban J connectivity index is 1.21. The molecule has 14 heteroatoms. The van der Waals surface area contributed by atoms with Crippen molar-refractivity contribution in [2.45, 2.75) is 128 Å². The lowest BCUT2D eigenvalue weighted by Crippen LogP contribution is -2.64. The number of amides is 1. The molecular weight excluding hydrogens is 783 g/mol. The number of hydrogen-bond donors (Lipinski definition) is 2. The Kier molecular flexibility index (Phi) is 10.3. The number of piperazine rings is 1. The number of aliphatic hydroxyl groups excluding tert-OH is 1. The average molecular weight is 839 g/mol. The summed E-state index contributed by atoms with van der Waals surface area (Å²) >= 11 is 0. The zero-order valence-electron chi connectivity index (χ0n) is 35.6. The fraction of sp³-hybridized carbons (Fsp3) is 0.565. The minimum Gasteiger partial charge on any atom is -0.472 e. The van der Waals surface area contributed by atoms with Crippen LogP contribution in [0.5, 0.6) is 11.9 Å². The molecular formula is C46H56F2N6O5Si. The van der Waals surface area contributed by atoms with Crippen LogP contribution in [-0.2, 0) is 0 Å². The van der Waals surface area contributed by atoms with Crippen LogP contribution in [0.3, 0.4) is 0 Å². The van der Waals surface area contributed by atoms with E-state index in [1.165, 1.54) is 6.07 Å². The Hall–Kier alpha value is -4.58. The van der Waals surface area contributed by atoms with E-state index in [1.807, 2.05) is 13.0 Å². The van der Waals surface area contributed by atoms with Gasteiger partial charge in [-0.15, -0.1) is 5.54 Å². The molecule has 2 N–H and O–H groups in total. The van der Waals surface area contributed by atoms with Crippen molar-refractivity contribution in [3.8, 4) is 34.6 Å². The number of likely N-dealkylation sites (tertiary alicyclic amines) is 1. The minimum atomic E-state index is -2.29.